The molecule has 0 aromatic heterocycles. The molecule has 1 N–H and O–H groups in total. The van der Waals surface area contributed by atoms with Crippen molar-refractivity contribution in [2.75, 3.05) is 27.4 Å². The van der Waals surface area contributed by atoms with E-state index in [2.05, 4.69) is 19.2 Å². The van der Waals surface area contributed by atoms with Crippen LogP contribution in [0.1, 0.15) is 40.0 Å². The minimum absolute atomic E-state index is 0.220. The van der Waals surface area contributed by atoms with Gasteiger partial charge >= 0.3 is 5.97 Å². The molecular weight excluding hydrogens is 218 g/mol. The van der Waals surface area contributed by atoms with E-state index in [1.165, 1.54) is 7.11 Å². The zero-order valence-corrected chi connectivity index (χ0v) is 11.8. The van der Waals surface area contributed by atoms with Gasteiger partial charge in [-0.15, -0.1) is 0 Å². The van der Waals surface area contributed by atoms with Crippen molar-refractivity contribution in [3.05, 3.63) is 0 Å². The molecule has 0 saturated heterocycles. The van der Waals surface area contributed by atoms with Gasteiger partial charge in [-0.25, -0.2) is 0 Å². The Labute approximate surface area is 105 Å². The summed E-state index contributed by atoms with van der Waals surface area (Å²) in [7, 11) is 3.19. The molecule has 0 aliphatic rings. The highest BCUT2D eigenvalue weighted by Crippen LogP contribution is 2.13. The van der Waals surface area contributed by atoms with Crippen LogP contribution in [-0.2, 0) is 14.3 Å². The summed E-state index contributed by atoms with van der Waals surface area (Å²) in [6, 6.07) is 0. The van der Waals surface area contributed by atoms with Gasteiger partial charge in [-0.3, -0.25) is 4.79 Å². The van der Waals surface area contributed by atoms with Crippen molar-refractivity contribution in [3.8, 4) is 0 Å². The summed E-state index contributed by atoms with van der Waals surface area (Å²) in [4.78, 5) is 11.5. The fraction of sp³-hybridized carbons (Fsp3) is 0.923. The first kappa shape index (κ1) is 16.4. The number of likely N-dealkylation sites (N-methyl/N-ethyl adjacent to an activating group) is 1. The van der Waals surface area contributed by atoms with Gasteiger partial charge in [-0.05, 0) is 39.2 Å². The predicted molar refractivity (Wildman–Crippen MR) is 69.0 cm³/mol. The van der Waals surface area contributed by atoms with Gasteiger partial charge in [-0.1, -0.05) is 13.8 Å². The summed E-state index contributed by atoms with van der Waals surface area (Å²) in [5.41, 5.74) is -0.601. The Morgan fingerprint density at radius 2 is 2.00 bits per heavy atom. The van der Waals surface area contributed by atoms with Gasteiger partial charge in [0.05, 0.1) is 7.11 Å². The quantitative estimate of drug-likeness (QED) is 0.498. The molecule has 0 saturated carbocycles. The molecular formula is C13H27NO3. The van der Waals surface area contributed by atoms with Crippen molar-refractivity contribution in [1.29, 1.82) is 0 Å². The molecule has 0 fully saturated rings. The highest BCUT2D eigenvalue weighted by Gasteiger charge is 2.31. The van der Waals surface area contributed by atoms with Crippen molar-refractivity contribution >= 4 is 5.97 Å². The van der Waals surface area contributed by atoms with Gasteiger partial charge in [0, 0.05) is 13.2 Å². The fourth-order valence-corrected chi connectivity index (χ4v) is 1.50. The zero-order valence-electron chi connectivity index (χ0n) is 11.8. The molecule has 0 aromatic carbocycles. The van der Waals surface area contributed by atoms with E-state index in [-0.39, 0.29) is 5.97 Å². The summed E-state index contributed by atoms with van der Waals surface area (Å²) < 4.78 is 10.3. The van der Waals surface area contributed by atoms with E-state index in [9.17, 15) is 4.79 Å². The Morgan fingerprint density at radius 3 is 2.47 bits per heavy atom. The molecule has 0 rings (SSSR count). The van der Waals surface area contributed by atoms with Crippen LogP contribution in [0.4, 0.5) is 0 Å². The summed E-state index contributed by atoms with van der Waals surface area (Å²) in [6.45, 7) is 7.71. The predicted octanol–water partition coefficient (Wildman–Crippen LogP) is 1.98. The lowest BCUT2D eigenvalue weighted by Crippen LogP contribution is -2.48. The summed E-state index contributed by atoms with van der Waals surface area (Å²) in [5.74, 6) is 0.454. The summed E-state index contributed by atoms with van der Waals surface area (Å²) >= 11 is 0. The lowest BCUT2D eigenvalue weighted by molar-refractivity contribution is -0.148. The second-order valence-corrected chi connectivity index (χ2v) is 4.97. The second kappa shape index (κ2) is 8.48. The normalized spacial score (nSPS) is 14.7. The smallest absolute Gasteiger partial charge is 0.325 e. The number of hydrogen-bond donors (Lipinski definition) is 1. The number of ether oxygens (including phenoxy) is 2. The monoisotopic (exact) mass is 245 g/mol. The van der Waals surface area contributed by atoms with E-state index in [4.69, 9.17) is 9.47 Å². The molecule has 0 heterocycles. The highest BCUT2D eigenvalue weighted by molar-refractivity contribution is 5.80. The summed E-state index contributed by atoms with van der Waals surface area (Å²) in [6.07, 6.45) is 2.66. The Balaban J connectivity index is 3.74. The van der Waals surface area contributed by atoms with Gasteiger partial charge in [0.15, 0.2) is 0 Å². The van der Waals surface area contributed by atoms with Gasteiger partial charge in [0.25, 0.3) is 0 Å². The van der Waals surface area contributed by atoms with Crippen molar-refractivity contribution in [2.45, 2.75) is 45.6 Å². The van der Waals surface area contributed by atoms with Crippen LogP contribution in [0.25, 0.3) is 0 Å². The van der Waals surface area contributed by atoms with Gasteiger partial charge in [0.2, 0.25) is 0 Å². The Hall–Kier alpha value is -0.610. The third-order valence-electron chi connectivity index (χ3n) is 2.99. The Kier molecular flexibility index (Phi) is 8.17. The Bertz CT molecular complexity index is 219. The number of carbonyl (C=O) groups is 1. The van der Waals surface area contributed by atoms with E-state index in [1.54, 1.807) is 7.05 Å². The van der Waals surface area contributed by atoms with Crippen LogP contribution in [-0.4, -0.2) is 38.9 Å². The third kappa shape index (κ3) is 6.64. The van der Waals surface area contributed by atoms with Crippen LogP contribution >= 0.6 is 0 Å². The first-order chi connectivity index (χ1) is 7.96. The second-order valence-electron chi connectivity index (χ2n) is 4.97. The molecule has 0 radical (unpaired) electrons. The van der Waals surface area contributed by atoms with Crippen molar-refractivity contribution < 1.29 is 14.3 Å². The Morgan fingerprint density at radius 1 is 1.35 bits per heavy atom. The SMILES string of the molecule is CNC(C)(CCCOCCC(C)C)C(=O)OC. The third-order valence-corrected chi connectivity index (χ3v) is 2.99. The number of nitrogens with one attached hydrogen (secondary N) is 1. The van der Waals surface area contributed by atoms with Crippen LogP contribution in [0.3, 0.4) is 0 Å². The number of hydrogen-bond acceptors (Lipinski definition) is 4. The molecule has 0 aromatic rings. The van der Waals surface area contributed by atoms with E-state index in [0.717, 1.165) is 25.9 Å². The molecule has 0 aliphatic carbocycles. The number of carbonyl (C=O) groups excluding carboxylic acids is 1. The molecule has 0 amide bonds. The van der Waals surface area contributed by atoms with E-state index in [1.807, 2.05) is 6.92 Å². The molecule has 1 unspecified atom stereocenters. The van der Waals surface area contributed by atoms with Crippen LogP contribution in [0.5, 0.6) is 0 Å². The van der Waals surface area contributed by atoms with E-state index < -0.39 is 5.54 Å². The van der Waals surface area contributed by atoms with Crippen LogP contribution in [0.15, 0.2) is 0 Å². The van der Waals surface area contributed by atoms with Crippen molar-refractivity contribution in [2.24, 2.45) is 5.92 Å². The lowest BCUT2D eigenvalue weighted by atomic mass is 9.96. The average molecular weight is 245 g/mol. The van der Waals surface area contributed by atoms with Gasteiger partial charge < -0.3 is 14.8 Å². The molecule has 4 heteroatoms. The van der Waals surface area contributed by atoms with Gasteiger partial charge in [-0.2, -0.15) is 0 Å². The summed E-state index contributed by atoms with van der Waals surface area (Å²) in [5, 5.41) is 3.01. The first-order valence-electron chi connectivity index (χ1n) is 6.31. The number of methoxy groups -OCH3 is 1. The minimum Gasteiger partial charge on any atom is -0.468 e. The standard InChI is InChI=1S/C13H27NO3/c1-11(2)7-10-17-9-6-8-13(3,14-4)12(15)16-5/h11,14H,6-10H2,1-5H3. The topological polar surface area (TPSA) is 47.6 Å². The fourth-order valence-electron chi connectivity index (χ4n) is 1.50. The highest BCUT2D eigenvalue weighted by atomic mass is 16.5. The minimum atomic E-state index is -0.601. The molecule has 0 aliphatic heterocycles. The van der Waals surface area contributed by atoms with Crippen LogP contribution < -0.4 is 5.32 Å². The maximum atomic E-state index is 11.5. The zero-order chi connectivity index (χ0) is 13.3. The number of rotatable bonds is 9. The molecule has 102 valence electrons. The van der Waals surface area contributed by atoms with Crippen LogP contribution in [0.2, 0.25) is 0 Å². The lowest BCUT2D eigenvalue weighted by Gasteiger charge is -2.25. The first-order valence-corrected chi connectivity index (χ1v) is 6.31. The van der Waals surface area contributed by atoms with Crippen molar-refractivity contribution in [1.82, 2.24) is 5.32 Å². The number of esters is 1. The molecule has 0 spiro atoms. The maximum Gasteiger partial charge on any atom is 0.325 e. The van der Waals surface area contributed by atoms with E-state index >= 15 is 0 Å². The molecule has 4 nitrogen and oxygen atoms in total. The van der Waals surface area contributed by atoms with E-state index in [0.29, 0.717) is 12.5 Å². The maximum absolute atomic E-state index is 11.5. The van der Waals surface area contributed by atoms with Crippen molar-refractivity contribution in [3.63, 3.8) is 0 Å². The average Bonchev–Trinajstić information content (AvgIpc) is 2.31. The van der Waals surface area contributed by atoms with Gasteiger partial charge in [0.1, 0.15) is 5.54 Å². The largest absolute Gasteiger partial charge is 0.468 e. The molecule has 17 heavy (non-hydrogen) atoms. The molecule has 1 atom stereocenters. The van der Waals surface area contributed by atoms with Crippen LogP contribution in [0, 0.1) is 5.92 Å². The molecule has 0 bridgehead atoms.